The van der Waals surface area contributed by atoms with Crippen LogP contribution in [0.25, 0.3) is 5.31 Å². The zero-order chi connectivity index (χ0) is 20.3. The molecule has 3 aromatic rings. The molecule has 1 aliphatic rings. The van der Waals surface area contributed by atoms with Crippen LogP contribution in [0.15, 0.2) is 102 Å². The van der Waals surface area contributed by atoms with Crippen molar-refractivity contribution in [1.82, 2.24) is 0 Å². The Balaban J connectivity index is 2.01. The molecule has 146 valence electrons. The fraction of sp³-hybridized carbons (Fsp3) is 0.125. The minimum absolute atomic E-state index is 0.331. The Morgan fingerprint density at radius 2 is 1.34 bits per heavy atom. The second-order valence-corrected chi connectivity index (χ2v) is 8.94. The molecule has 0 aliphatic carbocycles. The molecule has 1 unspecified atom stereocenters. The van der Waals surface area contributed by atoms with Crippen molar-refractivity contribution in [3.8, 4) is 0 Å². The molecule has 4 rings (SSSR count). The minimum Gasteiger partial charge on any atom is -0.321 e. The van der Waals surface area contributed by atoms with Crippen molar-refractivity contribution in [2.75, 3.05) is 11.6 Å². The number of hydrazone groups is 1. The predicted molar refractivity (Wildman–Crippen MR) is 120 cm³/mol. The standard InChI is InChI=1S/C24H23N2O2P/c1-3-28-29(27)23(20-13-7-4-8-14-20)19(2)26(22-17-11-6-12-18-22)25-24(29)21-15-9-5-10-16-21/h4-18H,3H2,1-2H3. The van der Waals surface area contributed by atoms with Crippen molar-refractivity contribution in [2.24, 2.45) is 5.10 Å². The topological polar surface area (TPSA) is 41.9 Å². The van der Waals surface area contributed by atoms with E-state index in [1.807, 2.05) is 110 Å². The summed E-state index contributed by atoms with van der Waals surface area (Å²) in [7, 11) is -3.40. The van der Waals surface area contributed by atoms with Gasteiger partial charge in [-0.25, -0.2) is 5.01 Å². The Labute approximate surface area is 171 Å². The van der Waals surface area contributed by atoms with Gasteiger partial charge in [-0.1, -0.05) is 78.9 Å². The van der Waals surface area contributed by atoms with E-state index in [1.54, 1.807) is 0 Å². The second kappa shape index (κ2) is 8.20. The summed E-state index contributed by atoms with van der Waals surface area (Å²) in [4.78, 5) is 0. The van der Waals surface area contributed by atoms with Gasteiger partial charge in [-0.15, -0.1) is 0 Å². The Hall–Kier alpha value is -2.94. The molecule has 29 heavy (non-hydrogen) atoms. The first-order valence-electron chi connectivity index (χ1n) is 9.66. The highest BCUT2D eigenvalue weighted by Gasteiger charge is 2.42. The van der Waals surface area contributed by atoms with Crippen LogP contribution in [0.3, 0.4) is 0 Å². The summed E-state index contributed by atoms with van der Waals surface area (Å²) in [6.45, 7) is 4.15. The van der Waals surface area contributed by atoms with Crippen LogP contribution in [0.4, 0.5) is 5.69 Å². The predicted octanol–water partition coefficient (Wildman–Crippen LogP) is 6.57. The van der Waals surface area contributed by atoms with E-state index in [1.165, 1.54) is 0 Å². The zero-order valence-electron chi connectivity index (χ0n) is 16.5. The Bertz CT molecular complexity index is 1090. The number of nitrogens with zero attached hydrogens (tertiary/aromatic N) is 2. The van der Waals surface area contributed by atoms with Crippen LogP contribution in [0.2, 0.25) is 0 Å². The van der Waals surface area contributed by atoms with Gasteiger partial charge in [0, 0.05) is 5.56 Å². The normalized spacial score (nSPS) is 19.2. The number of hydrogen-bond acceptors (Lipinski definition) is 4. The molecule has 1 heterocycles. The lowest BCUT2D eigenvalue weighted by Gasteiger charge is -2.34. The number of hydrogen-bond donors (Lipinski definition) is 0. The fourth-order valence-corrected chi connectivity index (χ4v) is 6.10. The molecule has 0 bridgehead atoms. The summed E-state index contributed by atoms with van der Waals surface area (Å²) in [6.07, 6.45) is 0. The summed E-state index contributed by atoms with van der Waals surface area (Å²) in [5.41, 5.74) is 3.86. The second-order valence-electron chi connectivity index (χ2n) is 6.71. The smallest absolute Gasteiger partial charge is 0.283 e. The maximum Gasteiger partial charge on any atom is 0.283 e. The molecule has 3 aromatic carbocycles. The van der Waals surface area contributed by atoms with Gasteiger partial charge in [-0.05, 0) is 31.5 Å². The van der Waals surface area contributed by atoms with Gasteiger partial charge in [0.25, 0.3) is 7.37 Å². The third kappa shape index (κ3) is 3.57. The molecular weight excluding hydrogens is 379 g/mol. The van der Waals surface area contributed by atoms with Crippen LogP contribution >= 0.6 is 7.37 Å². The molecule has 0 spiro atoms. The SMILES string of the molecule is CCOP1(=O)C(c2ccccc2)=NN(c2ccccc2)C(C)=C1c1ccccc1. The summed E-state index contributed by atoms with van der Waals surface area (Å²) in [6, 6.07) is 29.3. The van der Waals surface area contributed by atoms with E-state index in [0.717, 1.165) is 22.5 Å². The van der Waals surface area contributed by atoms with Crippen molar-refractivity contribution in [3.05, 3.63) is 108 Å². The first-order valence-corrected chi connectivity index (χ1v) is 11.3. The molecular formula is C24H23N2O2P. The van der Waals surface area contributed by atoms with Crippen molar-refractivity contribution in [2.45, 2.75) is 13.8 Å². The first-order chi connectivity index (χ1) is 14.1. The number of allylic oxidation sites excluding steroid dienone is 1. The number of benzene rings is 3. The molecule has 0 radical (unpaired) electrons. The summed E-state index contributed by atoms with van der Waals surface area (Å²) >= 11 is 0. The van der Waals surface area contributed by atoms with Gasteiger partial charge in [-0.3, -0.25) is 4.57 Å². The largest absolute Gasteiger partial charge is 0.321 e. The minimum atomic E-state index is -3.40. The lowest BCUT2D eigenvalue weighted by Crippen LogP contribution is -2.25. The summed E-state index contributed by atoms with van der Waals surface area (Å²) in [5, 5.41) is 7.41. The Kier molecular flexibility index (Phi) is 5.48. The van der Waals surface area contributed by atoms with E-state index < -0.39 is 7.37 Å². The molecule has 1 aliphatic heterocycles. The summed E-state index contributed by atoms with van der Waals surface area (Å²) < 4.78 is 20.4. The Morgan fingerprint density at radius 1 is 0.828 bits per heavy atom. The maximum atomic E-state index is 14.4. The lowest BCUT2D eigenvalue weighted by molar-refractivity contribution is 0.350. The van der Waals surface area contributed by atoms with Crippen LogP contribution in [0.1, 0.15) is 25.0 Å². The van der Waals surface area contributed by atoms with Crippen LogP contribution < -0.4 is 5.01 Å². The molecule has 0 fully saturated rings. The first kappa shape index (κ1) is 19.4. The van der Waals surface area contributed by atoms with Crippen molar-refractivity contribution in [3.63, 3.8) is 0 Å². The van der Waals surface area contributed by atoms with Gasteiger partial charge in [-0.2, -0.15) is 5.10 Å². The van der Waals surface area contributed by atoms with E-state index in [9.17, 15) is 4.57 Å². The van der Waals surface area contributed by atoms with Crippen LogP contribution in [-0.4, -0.2) is 12.1 Å². The van der Waals surface area contributed by atoms with Crippen LogP contribution in [0.5, 0.6) is 0 Å². The average Bonchev–Trinajstić information content (AvgIpc) is 2.76. The van der Waals surface area contributed by atoms with E-state index in [2.05, 4.69) is 0 Å². The third-order valence-electron chi connectivity index (χ3n) is 4.82. The lowest BCUT2D eigenvalue weighted by atomic mass is 10.2. The number of rotatable bonds is 5. The average molecular weight is 402 g/mol. The summed E-state index contributed by atoms with van der Waals surface area (Å²) in [5.74, 6) is 0. The molecule has 4 nitrogen and oxygen atoms in total. The zero-order valence-corrected chi connectivity index (χ0v) is 17.4. The van der Waals surface area contributed by atoms with Crippen LogP contribution in [0, 0.1) is 0 Å². The van der Waals surface area contributed by atoms with Crippen molar-refractivity contribution >= 4 is 23.8 Å². The van der Waals surface area contributed by atoms with E-state index in [-0.39, 0.29) is 0 Å². The van der Waals surface area contributed by atoms with Gasteiger partial charge in [0.15, 0.2) is 5.45 Å². The number of anilines is 1. The van der Waals surface area contributed by atoms with Crippen LogP contribution in [-0.2, 0) is 9.09 Å². The van der Waals surface area contributed by atoms with Crippen molar-refractivity contribution < 1.29 is 9.09 Å². The third-order valence-corrected chi connectivity index (χ3v) is 7.52. The van der Waals surface area contributed by atoms with E-state index in [0.29, 0.717) is 17.4 Å². The van der Waals surface area contributed by atoms with Gasteiger partial charge in [0.05, 0.1) is 23.3 Å². The molecule has 0 aromatic heterocycles. The van der Waals surface area contributed by atoms with Crippen molar-refractivity contribution in [1.29, 1.82) is 0 Å². The molecule has 0 N–H and O–H groups in total. The monoisotopic (exact) mass is 402 g/mol. The number of para-hydroxylation sites is 1. The van der Waals surface area contributed by atoms with Gasteiger partial charge in [0.1, 0.15) is 0 Å². The fourth-order valence-electron chi connectivity index (χ4n) is 3.57. The molecule has 5 heteroatoms. The van der Waals surface area contributed by atoms with Gasteiger partial charge < -0.3 is 4.52 Å². The maximum absolute atomic E-state index is 14.4. The van der Waals surface area contributed by atoms with Gasteiger partial charge >= 0.3 is 0 Å². The molecule has 0 saturated heterocycles. The van der Waals surface area contributed by atoms with Gasteiger partial charge in [0.2, 0.25) is 0 Å². The van der Waals surface area contributed by atoms with E-state index >= 15 is 0 Å². The van der Waals surface area contributed by atoms with E-state index in [4.69, 9.17) is 9.63 Å². The molecule has 1 atom stereocenters. The highest BCUT2D eigenvalue weighted by molar-refractivity contribution is 7.86. The molecule has 0 saturated carbocycles. The highest BCUT2D eigenvalue weighted by Crippen LogP contribution is 2.65. The Morgan fingerprint density at radius 3 is 1.90 bits per heavy atom. The quantitative estimate of drug-likeness (QED) is 0.453. The molecule has 0 amide bonds. The highest BCUT2D eigenvalue weighted by atomic mass is 31.2.